The molecule has 1 aliphatic carbocycles. The molecule has 3 amide bonds. The maximum atomic E-state index is 12.6. The van der Waals surface area contributed by atoms with Gasteiger partial charge >= 0.3 is 6.03 Å². The number of aryl methyl sites for hydroxylation is 1. The van der Waals surface area contributed by atoms with Crippen molar-refractivity contribution < 1.29 is 14.3 Å². The number of nitrogens with one attached hydrogen (secondary N) is 2. The Labute approximate surface area is 161 Å². The average Bonchev–Trinajstić information content (AvgIpc) is 3.47. The Morgan fingerprint density at radius 3 is 2.52 bits per heavy atom. The van der Waals surface area contributed by atoms with Crippen LogP contribution in [0.5, 0.6) is 5.75 Å². The van der Waals surface area contributed by atoms with Crippen LogP contribution in [-0.4, -0.2) is 66.6 Å². The summed E-state index contributed by atoms with van der Waals surface area (Å²) in [5.74, 6) is 0.903. The second-order valence-corrected chi connectivity index (χ2v) is 7.32. The summed E-state index contributed by atoms with van der Waals surface area (Å²) in [6.45, 7) is 9.09. The zero-order valence-corrected chi connectivity index (χ0v) is 16.5. The van der Waals surface area contributed by atoms with Gasteiger partial charge in [-0.15, -0.1) is 0 Å². The summed E-state index contributed by atoms with van der Waals surface area (Å²) < 4.78 is 5.48. The molecule has 1 aliphatic heterocycles. The van der Waals surface area contributed by atoms with E-state index in [9.17, 15) is 9.59 Å². The number of carbonyl (C=O) groups excluding carboxylic acids is 2. The van der Waals surface area contributed by atoms with E-state index in [-0.39, 0.29) is 18.0 Å². The van der Waals surface area contributed by atoms with E-state index in [0.717, 1.165) is 29.8 Å². The normalized spacial score (nSPS) is 18.7. The lowest BCUT2D eigenvalue weighted by molar-refractivity contribution is -0.126. The predicted octanol–water partition coefficient (Wildman–Crippen LogP) is 2.21. The molecule has 1 aromatic carbocycles. The van der Waals surface area contributed by atoms with Gasteiger partial charge in [0.25, 0.3) is 0 Å². The molecule has 7 nitrogen and oxygen atoms in total. The monoisotopic (exact) mass is 374 g/mol. The summed E-state index contributed by atoms with van der Waals surface area (Å²) in [6, 6.07) is 5.80. The number of urea groups is 1. The summed E-state index contributed by atoms with van der Waals surface area (Å²) in [5.41, 5.74) is 1.77. The predicted molar refractivity (Wildman–Crippen MR) is 105 cm³/mol. The van der Waals surface area contributed by atoms with E-state index in [1.807, 2.05) is 39.0 Å². The van der Waals surface area contributed by atoms with Crippen LogP contribution >= 0.6 is 0 Å². The molecule has 1 saturated heterocycles. The van der Waals surface area contributed by atoms with Crippen molar-refractivity contribution in [1.29, 1.82) is 0 Å². The molecule has 1 saturated carbocycles. The summed E-state index contributed by atoms with van der Waals surface area (Å²) in [7, 11) is 0. The first-order valence-corrected chi connectivity index (χ1v) is 9.81. The van der Waals surface area contributed by atoms with Crippen molar-refractivity contribution in [2.75, 3.05) is 38.1 Å². The van der Waals surface area contributed by atoms with Gasteiger partial charge in [-0.05, 0) is 57.4 Å². The molecule has 0 bridgehead atoms. The SMILES string of the molecule is CCOc1ccc(NC(=O)N2CCN(C(C)C(=O)NC3CC3)CC2)c(C)c1. The van der Waals surface area contributed by atoms with Crippen molar-refractivity contribution in [2.45, 2.75) is 45.7 Å². The van der Waals surface area contributed by atoms with Gasteiger partial charge in [0, 0.05) is 37.9 Å². The fourth-order valence-corrected chi connectivity index (χ4v) is 3.25. The highest BCUT2D eigenvalue weighted by Gasteiger charge is 2.30. The van der Waals surface area contributed by atoms with Crippen LogP contribution in [0.4, 0.5) is 10.5 Å². The van der Waals surface area contributed by atoms with Crippen molar-refractivity contribution in [2.24, 2.45) is 0 Å². The Balaban J connectivity index is 1.48. The number of rotatable bonds is 6. The second-order valence-electron chi connectivity index (χ2n) is 7.32. The number of hydrogen-bond donors (Lipinski definition) is 2. The fourth-order valence-electron chi connectivity index (χ4n) is 3.25. The Hall–Kier alpha value is -2.28. The zero-order chi connectivity index (χ0) is 19.4. The number of ether oxygens (including phenoxy) is 1. The van der Waals surface area contributed by atoms with Crippen LogP contribution < -0.4 is 15.4 Å². The van der Waals surface area contributed by atoms with Gasteiger partial charge in [-0.25, -0.2) is 4.79 Å². The lowest BCUT2D eigenvalue weighted by atomic mass is 10.2. The highest BCUT2D eigenvalue weighted by Crippen LogP contribution is 2.22. The molecule has 0 aromatic heterocycles. The lowest BCUT2D eigenvalue weighted by Crippen LogP contribution is -2.55. The van der Waals surface area contributed by atoms with Gasteiger partial charge in [-0.1, -0.05) is 0 Å². The average molecular weight is 374 g/mol. The van der Waals surface area contributed by atoms with E-state index in [2.05, 4.69) is 15.5 Å². The topological polar surface area (TPSA) is 73.9 Å². The molecular weight excluding hydrogens is 344 g/mol. The molecule has 0 radical (unpaired) electrons. The maximum Gasteiger partial charge on any atom is 0.321 e. The second kappa shape index (κ2) is 8.61. The minimum Gasteiger partial charge on any atom is -0.494 e. The van der Waals surface area contributed by atoms with Crippen LogP contribution in [0.3, 0.4) is 0 Å². The number of amides is 3. The summed E-state index contributed by atoms with van der Waals surface area (Å²) in [4.78, 5) is 28.7. The number of hydrogen-bond acceptors (Lipinski definition) is 4. The van der Waals surface area contributed by atoms with Crippen LogP contribution in [0.25, 0.3) is 0 Å². The van der Waals surface area contributed by atoms with Gasteiger partial charge in [0.2, 0.25) is 5.91 Å². The van der Waals surface area contributed by atoms with Gasteiger partial charge in [-0.2, -0.15) is 0 Å². The van der Waals surface area contributed by atoms with Crippen LogP contribution in [0, 0.1) is 6.92 Å². The fraction of sp³-hybridized carbons (Fsp3) is 0.600. The van der Waals surface area contributed by atoms with E-state index >= 15 is 0 Å². The van der Waals surface area contributed by atoms with Crippen molar-refractivity contribution >= 4 is 17.6 Å². The van der Waals surface area contributed by atoms with Crippen LogP contribution in [0.2, 0.25) is 0 Å². The quantitative estimate of drug-likeness (QED) is 0.801. The lowest BCUT2D eigenvalue weighted by Gasteiger charge is -2.37. The smallest absolute Gasteiger partial charge is 0.321 e. The van der Waals surface area contributed by atoms with Gasteiger partial charge < -0.3 is 20.3 Å². The van der Waals surface area contributed by atoms with E-state index in [4.69, 9.17) is 4.74 Å². The molecule has 2 N–H and O–H groups in total. The summed E-state index contributed by atoms with van der Waals surface area (Å²) in [5, 5.41) is 6.04. The van der Waals surface area contributed by atoms with Crippen molar-refractivity contribution in [3.8, 4) is 5.75 Å². The minimum absolute atomic E-state index is 0.0976. The summed E-state index contributed by atoms with van der Waals surface area (Å²) in [6.07, 6.45) is 2.19. The van der Waals surface area contributed by atoms with Gasteiger partial charge in [0.1, 0.15) is 5.75 Å². The van der Waals surface area contributed by atoms with Crippen molar-refractivity contribution in [1.82, 2.24) is 15.1 Å². The summed E-state index contributed by atoms with van der Waals surface area (Å²) >= 11 is 0. The number of nitrogens with zero attached hydrogens (tertiary/aromatic N) is 2. The van der Waals surface area contributed by atoms with Gasteiger partial charge in [0.15, 0.2) is 0 Å². The van der Waals surface area contributed by atoms with Crippen LogP contribution in [0.15, 0.2) is 18.2 Å². The van der Waals surface area contributed by atoms with Crippen molar-refractivity contribution in [3.05, 3.63) is 23.8 Å². The molecule has 7 heteroatoms. The standard InChI is InChI=1S/C20H30N4O3/c1-4-27-17-7-8-18(14(2)13-17)22-20(26)24-11-9-23(10-12-24)15(3)19(25)21-16-5-6-16/h7-8,13,15-16H,4-6,9-12H2,1-3H3,(H,21,25)(H,22,26). The number of benzene rings is 1. The molecule has 1 aromatic rings. The number of carbonyl (C=O) groups is 2. The molecule has 2 aliphatic rings. The molecule has 0 spiro atoms. The van der Waals surface area contributed by atoms with Gasteiger partial charge in [-0.3, -0.25) is 9.69 Å². The first-order valence-electron chi connectivity index (χ1n) is 9.81. The Morgan fingerprint density at radius 1 is 1.22 bits per heavy atom. The van der Waals surface area contributed by atoms with E-state index < -0.39 is 0 Å². The first kappa shape index (κ1) is 19.5. The largest absolute Gasteiger partial charge is 0.494 e. The number of piperazine rings is 1. The third kappa shape index (κ3) is 5.13. The van der Waals surface area contributed by atoms with E-state index in [1.54, 1.807) is 4.90 Å². The molecule has 1 heterocycles. The molecule has 2 fully saturated rings. The Bertz CT molecular complexity index is 682. The third-order valence-electron chi connectivity index (χ3n) is 5.20. The zero-order valence-electron chi connectivity index (χ0n) is 16.5. The first-order chi connectivity index (χ1) is 13.0. The highest BCUT2D eigenvalue weighted by atomic mass is 16.5. The van der Waals surface area contributed by atoms with E-state index in [0.29, 0.717) is 38.8 Å². The molecule has 27 heavy (non-hydrogen) atoms. The van der Waals surface area contributed by atoms with Crippen LogP contribution in [0.1, 0.15) is 32.3 Å². The molecule has 1 unspecified atom stereocenters. The third-order valence-corrected chi connectivity index (χ3v) is 5.20. The minimum atomic E-state index is -0.149. The molecule has 1 atom stereocenters. The Kier molecular flexibility index (Phi) is 6.21. The highest BCUT2D eigenvalue weighted by molar-refractivity contribution is 5.90. The molecule has 148 valence electrons. The Morgan fingerprint density at radius 2 is 1.93 bits per heavy atom. The molecular formula is C20H30N4O3. The van der Waals surface area contributed by atoms with Crippen molar-refractivity contribution in [3.63, 3.8) is 0 Å². The van der Waals surface area contributed by atoms with E-state index in [1.165, 1.54) is 0 Å². The van der Waals surface area contributed by atoms with Crippen LogP contribution in [-0.2, 0) is 4.79 Å². The number of anilines is 1. The maximum absolute atomic E-state index is 12.6. The molecule has 3 rings (SSSR count). The van der Waals surface area contributed by atoms with Gasteiger partial charge in [0.05, 0.1) is 12.6 Å².